The lowest BCUT2D eigenvalue weighted by Gasteiger charge is -2.29. The third kappa shape index (κ3) is 4.18. The van der Waals surface area contributed by atoms with Crippen molar-refractivity contribution in [3.8, 4) is 0 Å². The molecule has 1 fully saturated rings. The van der Waals surface area contributed by atoms with Gasteiger partial charge in [0.2, 0.25) is 5.91 Å². The molecule has 1 unspecified atom stereocenters. The van der Waals surface area contributed by atoms with Gasteiger partial charge in [0.1, 0.15) is 0 Å². The molecule has 3 N–H and O–H groups in total. The molecule has 0 bridgehead atoms. The Morgan fingerprint density at radius 2 is 2.13 bits per heavy atom. The average Bonchev–Trinajstić information content (AvgIpc) is 2.26. The molecule has 1 aliphatic rings. The summed E-state index contributed by atoms with van der Waals surface area (Å²) in [6.07, 6.45) is 2.69. The fourth-order valence-electron chi connectivity index (χ4n) is 1.76. The van der Waals surface area contributed by atoms with Crippen LogP contribution in [0.15, 0.2) is 0 Å². The van der Waals surface area contributed by atoms with Crippen LogP contribution < -0.4 is 5.73 Å². The quantitative estimate of drug-likeness (QED) is 0.709. The summed E-state index contributed by atoms with van der Waals surface area (Å²) in [7, 11) is 0. The molecule has 1 amide bonds. The van der Waals surface area contributed by atoms with E-state index in [1.165, 1.54) is 0 Å². The zero-order valence-corrected chi connectivity index (χ0v) is 9.48. The van der Waals surface area contributed by atoms with Gasteiger partial charge in [-0.1, -0.05) is 6.92 Å². The highest BCUT2D eigenvalue weighted by atomic mass is 16.3. The highest BCUT2D eigenvalue weighted by Gasteiger charge is 2.20. The second-order valence-corrected chi connectivity index (χ2v) is 4.49. The van der Waals surface area contributed by atoms with Gasteiger partial charge < -0.3 is 15.7 Å². The fourth-order valence-corrected chi connectivity index (χ4v) is 1.76. The van der Waals surface area contributed by atoms with Gasteiger partial charge in [0.15, 0.2) is 0 Å². The first-order valence-corrected chi connectivity index (χ1v) is 5.79. The van der Waals surface area contributed by atoms with E-state index in [9.17, 15) is 9.90 Å². The molecule has 0 aromatic carbocycles. The maximum absolute atomic E-state index is 11.7. The van der Waals surface area contributed by atoms with Crippen molar-refractivity contribution in [2.75, 3.05) is 19.6 Å². The van der Waals surface area contributed by atoms with Crippen molar-refractivity contribution < 1.29 is 9.90 Å². The minimum atomic E-state index is -0.211. The molecule has 0 aromatic rings. The summed E-state index contributed by atoms with van der Waals surface area (Å²) in [4.78, 5) is 13.6. The number of aliphatic hydroxyl groups excluding tert-OH is 1. The van der Waals surface area contributed by atoms with Crippen LogP contribution in [0.4, 0.5) is 0 Å². The first-order valence-electron chi connectivity index (χ1n) is 5.79. The van der Waals surface area contributed by atoms with Crippen LogP contribution >= 0.6 is 0 Å². The molecule has 1 rings (SSSR count). The van der Waals surface area contributed by atoms with Gasteiger partial charge >= 0.3 is 0 Å². The summed E-state index contributed by atoms with van der Waals surface area (Å²) in [5, 5.41) is 9.31. The Morgan fingerprint density at radius 1 is 1.53 bits per heavy atom. The predicted molar refractivity (Wildman–Crippen MR) is 59.3 cm³/mol. The van der Waals surface area contributed by atoms with Crippen LogP contribution in [-0.2, 0) is 4.79 Å². The Labute approximate surface area is 91.4 Å². The fraction of sp³-hybridized carbons (Fsp3) is 0.909. The molecule has 0 aliphatic carbocycles. The number of carbonyl (C=O) groups excluding carboxylic acids is 1. The van der Waals surface area contributed by atoms with Crippen LogP contribution in [0.5, 0.6) is 0 Å². The molecule has 1 saturated heterocycles. The predicted octanol–water partition coefficient (Wildman–Crippen LogP) is 0.345. The van der Waals surface area contributed by atoms with Crippen molar-refractivity contribution in [2.45, 2.75) is 38.7 Å². The van der Waals surface area contributed by atoms with E-state index in [4.69, 9.17) is 5.73 Å². The summed E-state index contributed by atoms with van der Waals surface area (Å²) in [5.41, 5.74) is 5.50. The number of nitrogens with zero attached hydrogens (tertiary/aromatic N) is 1. The summed E-state index contributed by atoms with van der Waals surface area (Å²) in [6.45, 7) is 4.12. The summed E-state index contributed by atoms with van der Waals surface area (Å²) in [6, 6.07) is 0. The van der Waals surface area contributed by atoms with E-state index in [0.717, 1.165) is 19.3 Å². The monoisotopic (exact) mass is 214 g/mol. The Bertz CT molecular complexity index is 201. The van der Waals surface area contributed by atoms with E-state index in [0.29, 0.717) is 32.0 Å². The van der Waals surface area contributed by atoms with Crippen molar-refractivity contribution in [3.63, 3.8) is 0 Å². The lowest BCUT2D eigenvalue weighted by atomic mass is 10.0. The van der Waals surface area contributed by atoms with Crippen molar-refractivity contribution >= 4 is 5.91 Å². The summed E-state index contributed by atoms with van der Waals surface area (Å²) < 4.78 is 0. The molecular weight excluding hydrogens is 192 g/mol. The molecule has 0 saturated carbocycles. The number of aliphatic hydroxyl groups is 1. The molecule has 4 heteroatoms. The van der Waals surface area contributed by atoms with E-state index in [1.807, 2.05) is 4.90 Å². The zero-order chi connectivity index (χ0) is 11.3. The number of nitrogens with two attached hydrogens (primary N) is 1. The number of carbonyl (C=O) groups is 1. The number of hydrogen-bond donors (Lipinski definition) is 2. The molecule has 1 aliphatic heterocycles. The zero-order valence-electron chi connectivity index (χ0n) is 9.48. The molecule has 1 heterocycles. The molecule has 88 valence electrons. The highest BCUT2D eigenvalue weighted by Crippen LogP contribution is 2.13. The molecule has 0 radical (unpaired) electrons. The molecule has 0 aromatic heterocycles. The number of rotatable bonds is 4. The van der Waals surface area contributed by atoms with Gasteiger partial charge in [-0.2, -0.15) is 0 Å². The van der Waals surface area contributed by atoms with Gasteiger partial charge in [0.25, 0.3) is 0 Å². The highest BCUT2D eigenvalue weighted by molar-refractivity contribution is 5.76. The van der Waals surface area contributed by atoms with Crippen LogP contribution in [0.25, 0.3) is 0 Å². The molecule has 15 heavy (non-hydrogen) atoms. The molecule has 1 atom stereocenters. The SMILES string of the molecule is CC(CN)CCC(=O)N1CCC(O)CC1. The molecular formula is C11H22N2O2. The van der Waals surface area contributed by atoms with Gasteiger partial charge in [-0.25, -0.2) is 0 Å². The molecule has 0 spiro atoms. The standard InChI is InChI=1S/C11H22N2O2/c1-9(8-12)2-3-11(15)13-6-4-10(14)5-7-13/h9-10,14H,2-8,12H2,1H3. The van der Waals surface area contributed by atoms with E-state index in [-0.39, 0.29) is 12.0 Å². The van der Waals surface area contributed by atoms with Crippen molar-refractivity contribution in [2.24, 2.45) is 11.7 Å². The van der Waals surface area contributed by atoms with Crippen molar-refractivity contribution in [3.05, 3.63) is 0 Å². The van der Waals surface area contributed by atoms with Gasteiger partial charge in [-0.05, 0) is 31.7 Å². The van der Waals surface area contributed by atoms with E-state index < -0.39 is 0 Å². The first kappa shape index (κ1) is 12.5. The Balaban J connectivity index is 2.22. The third-order valence-corrected chi connectivity index (χ3v) is 3.07. The average molecular weight is 214 g/mol. The Hall–Kier alpha value is -0.610. The Kier molecular flexibility index (Phi) is 5.05. The topological polar surface area (TPSA) is 66.6 Å². The summed E-state index contributed by atoms with van der Waals surface area (Å²) in [5.74, 6) is 0.631. The van der Waals surface area contributed by atoms with Gasteiger partial charge in [0, 0.05) is 19.5 Å². The van der Waals surface area contributed by atoms with Crippen molar-refractivity contribution in [1.82, 2.24) is 4.90 Å². The second-order valence-electron chi connectivity index (χ2n) is 4.49. The number of likely N-dealkylation sites (tertiary alicyclic amines) is 1. The largest absolute Gasteiger partial charge is 0.393 e. The maximum Gasteiger partial charge on any atom is 0.222 e. The number of hydrogen-bond acceptors (Lipinski definition) is 3. The smallest absolute Gasteiger partial charge is 0.222 e. The van der Waals surface area contributed by atoms with Crippen LogP contribution in [0.2, 0.25) is 0 Å². The van der Waals surface area contributed by atoms with Crippen LogP contribution in [0.3, 0.4) is 0 Å². The normalized spacial score (nSPS) is 20.3. The van der Waals surface area contributed by atoms with Crippen LogP contribution in [0, 0.1) is 5.92 Å². The number of amides is 1. The van der Waals surface area contributed by atoms with E-state index in [2.05, 4.69) is 6.92 Å². The second kappa shape index (κ2) is 6.08. The minimum absolute atomic E-state index is 0.210. The van der Waals surface area contributed by atoms with Gasteiger partial charge in [0.05, 0.1) is 6.10 Å². The first-order chi connectivity index (χ1) is 7.13. The van der Waals surface area contributed by atoms with Gasteiger partial charge in [-0.15, -0.1) is 0 Å². The number of piperidine rings is 1. The van der Waals surface area contributed by atoms with Gasteiger partial charge in [-0.3, -0.25) is 4.79 Å². The third-order valence-electron chi connectivity index (χ3n) is 3.07. The van der Waals surface area contributed by atoms with Crippen LogP contribution in [-0.4, -0.2) is 41.7 Å². The lowest BCUT2D eigenvalue weighted by molar-refractivity contribution is -0.133. The Morgan fingerprint density at radius 3 is 2.67 bits per heavy atom. The van der Waals surface area contributed by atoms with Crippen molar-refractivity contribution in [1.29, 1.82) is 0 Å². The molecule has 4 nitrogen and oxygen atoms in total. The minimum Gasteiger partial charge on any atom is -0.393 e. The van der Waals surface area contributed by atoms with Crippen LogP contribution in [0.1, 0.15) is 32.6 Å². The van der Waals surface area contributed by atoms with E-state index in [1.54, 1.807) is 0 Å². The maximum atomic E-state index is 11.7. The summed E-state index contributed by atoms with van der Waals surface area (Å²) >= 11 is 0. The van der Waals surface area contributed by atoms with E-state index >= 15 is 0 Å². The lowest BCUT2D eigenvalue weighted by Crippen LogP contribution is -2.40.